The van der Waals surface area contributed by atoms with Crippen LogP contribution in [-0.2, 0) is 6.42 Å². The van der Waals surface area contributed by atoms with Crippen LogP contribution in [0.25, 0.3) is 0 Å². The molecule has 0 aliphatic heterocycles. The van der Waals surface area contributed by atoms with Gasteiger partial charge >= 0.3 is 0 Å². The van der Waals surface area contributed by atoms with E-state index in [1.54, 1.807) is 6.08 Å². The van der Waals surface area contributed by atoms with Crippen LogP contribution in [-0.4, -0.2) is 0 Å². The summed E-state index contributed by atoms with van der Waals surface area (Å²) in [5, 5.41) is 0. The van der Waals surface area contributed by atoms with E-state index >= 15 is 0 Å². The molecular formula is C21H28. The quantitative estimate of drug-likeness (QED) is 0.543. The van der Waals surface area contributed by atoms with E-state index in [1.165, 1.54) is 42.4 Å². The van der Waals surface area contributed by atoms with Gasteiger partial charge in [0.15, 0.2) is 0 Å². The second-order valence-electron chi connectivity index (χ2n) is 6.45. The van der Waals surface area contributed by atoms with Gasteiger partial charge in [-0.15, -0.1) is 0 Å². The molecule has 112 valence electrons. The zero-order valence-electron chi connectivity index (χ0n) is 13.4. The minimum atomic E-state index is 0.792. The maximum atomic E-state index is 4.07. The van der Waals surface area contributed by atoms with Crippen LogP contribution in [0.5, 0.6) is 0 Å². The van der Waals surface area contributed by atoms with Gasteiger partial charge < -0.3 is 0 Å². The number of allylic oxidation sites excluding steroid dienone is 4. The lowest BCUT2D eigenvalue weighted by Gasteiger charge is -2.26. The topological polar surface area (TPSA) is 0 Å². The fraction of sp³-hybridized carbons (Fsp3) is 0.429. The van der Waals surface area contributed by atoms with E-state index in [9.17, 15) is 0 Å². The Morgan fingerprint density at radius 2 is 1.81 bits per heavy atom. The van der Waals surface area contributed by atoms with Crippen molar-refractivity contribution in [3.05, 3.63) is 72.4 Å². The average molecular weight is 280 g/mol. The van der Waals surface area contributed by atoms with Crippen molar-refractivity contribution in [2.24, 2.45) is 5.92 Å². The fourth-order valence-electron chi connectivity index (χ4n) is 3.14. The lowest BCUT2D eigenvalue weighted by Crippen LogP contribution is -2.10. The van der Waals surface area contributed by atoms with Crippen LogP contribution in [0.2, 0.25) is 0 Å². The van der Waals surface area contributed by atoms with E-state index in [2.05, 4.69) is 44.3 Å². The summed E-state index contributed by atoms with van der Waals surface area (Å²) in [6.07, 6.45) is 13.4. The van der Waals surface area contributed by atoms with Crippen molar-refractivity contribution in [3.63, 3.8) is 0 Å². The second kappa shape index (κ2) is 8.02. The minimum Gasteiger partial charge on any atom is -0.0991 e. The molecule has 21 heavy (non-hydrogen) atoms. The predicted molar refractivity (Wildman–Crippen MR) is 93.6 cm³/mol. The first kappa shape index (κ1) is 15.8. The van der Waals surface area contributed by atoms with Crippen LogP contribution in [0, 0.1) is 5.92 Å². The van der Waals surface area contributed by atoms with E-state index in [0.717, 1.165) is 24.7 Å². The van der Waals surface area contributed by atoms with Gasteiger partial charge in [0.05, 0.1) is 0 Å². The van der Waals surface area contributed by atoms with Gasteiger partial charge in [-0.25, -0.2) is 0 Å². The number of rotatable bonds is 6. The zero-order chi connectivity index (χ0) is 15.1. The highest BCUT2D eigenvalue weighted by Crippen LogP contribution is 2.35. The molecule has 0 radical (unpaired) electrons. The SMILES string of the molecule is C=C/C=C\C(=C)CCc1ccc(C2CCC(C)CC2)cc1. The molecule has 0 saturated heterocycles. The Labute approximate surface area is 130 Å². The second-order valence-corrected chi connectivity index (χ2v) is 6.45. The van der Waals surface area contributed by atoms with Gasteiger partial charge in [-0.2, -0.15) is 0 Å². The summed E-state index contributed by atoms with van der Waals surface area (Å²) in [4.78, 5) is 0. The Hall–Kier alpha value is -1.56. The molecule has 0 unspecified atom stereocenters. The summed E-state index contributed by atoms with van der Waals surface area (Å²) in [6, 6.07) is 9.30. The van der Waals surface area contributed by atoms with Gasteiger partial charge in [0.25, 0.3) is 0 Å². The molecule has 0 amide bonds. The first-order chi connectivity index (χ1) is 10.2. The Morgan fingerprint density at radius 3 is 2.43 bits per heavy atom. The van der Waals surface area contributed by atoms with Crippen molar-refractivity contribution < 1.29 is 0 Å². The summed E-state index contributed by atoms with van der Waals surface area (Å²) in [7, 11) is 0. The van der Waals surface area contributed by atoms with E-state index in [1.807, 2.05) is 12.2 Å². The molecule has 1 aromatic carbocycles. The number of benzene rings is 1. The smallest absolute Gasteiger partial charge is 0.0162 e. The summed E-state index contributed by atoms with van der Waals surface area (Å²) in [5.74, 6) is 1.72. The molecule has 0 heteroatoms. The van der Waals surface area contributed by atoms with Gasteiger partial charge in [-0.1, -0.05) is 81.0 Å². The molecule has 1 aromatic rings. The molecular weight excluding hydrogens is 252 g/mol. The summed E-state index contributed by atoms with van der Waals surface area (Å²) in [6.45, 7) is 10.1. The standard InChI is InChI=1S/C21H28/c1-4-5-6-17(2)7-10-19-11-15-21(16-12-19)20-13-8-18(3)9-14-20/h4-6,11-12,15-16,18,20H,1-2,7-10,13-14H2,3H3/b6-5-. The van der Waals surface area contributed by atoms with Crippen LogP contribution in [0.1, 0.15) is 56.1 Å². The highest BCUT2D eigenvalue weighted by Gasteiger charge is 2.19. The van der Waals surface area contributed by atoms with E-state index in [0.29, 0.717) is 0 Å². The number of hydrogen-bond acceptors (Lipinski definition) is 0. The maximum absolute atomic E-state index is 4.07. The number of aryl methyl sites for hydroxylation is 1. The van der Waals surface area contributed by atoms with Crippen LogP contribution < -0.4 is 0 Å². The molecule has 2 rings (SSSR count). The van der Waals surface area contributed by atoms with Gasteiger partial charge in [-0.3, -0.25) is 0 Å². The molecule has 0 nitrogen and oxygen atoms in total. The highest BCUT2D eigenvalue weighted by molar-refractivity contribution is 5.27. The molecule has 0 atom stereocenters. The maximum Gasteiger partial charge on any atom is -0.0162 e. The molecule has 1 aliphatic rings. The summed E-state index contributed by atoms with van der Waals surface area (Å²) >= 11 is 0. The lowest BCUT2D eigenvalue weighted by atomic mass is 9.79. The van der Waals surface area contributed by atoms with Crippen molar-refractivity contribution in [2.45, 2.75) is 51.4 Å². The van der Waals surface area contributed by atoms with Gasteiger partial charge in [-0.05, 0) is 48.6 Å². The Balaban J connectivity index is 1.85. The van der Waals surface area contributed by atoms with Crippen molar-refractivity contribution in [3.8, 4) is 0 Å². The molecule has 0 spiro atoms. The predicted octanol–water partition coefficient (Wildman–Crippen LogP) is 6.21. The zero-order valence-corrected chi connectivity index (χ0v) is 13.4. The molecule has 0 heterocycles. The summed E-state index contributed by atoms with van der Waals surface area (Å²) in [5.41, 5.74) is 4.12. The Bertz CT molecular complexity index is 481. The third-order valence-corrected chi connectivity index (χ3v) is 4.67. The monoisotopic (exact) mass is 280 g/mol. The van der Waals surface area contributed by atoms with Crippen LogP contribution in [0.15, 0.2) is 61.2 Å². The molecule has 0 bridgehead atoms. The average Bonchev–Trinajstić information content (AvgIpc) is 2.52. The van der Waals surface area contributed by atoms with E-state index in [4.69, 9.17) is 0 Å². The molecule has 0 aromatic heterocycles. The molecule has 0 N–H and O–H groups in total. The fourth-order valence-corrected chi connectivity index (χ4v) is 3.14. The van der Waals surface area contributed by atoms with Gasteiger partial charge in [0.1, 0.15) is 0 Å². The third-order valence-electron chi connectivity index (χ3n) is 4.67. The van der Waals surface area contributed by atoms with Crippen molar-refractivity contribution in [1.82, 2.24) is 0 Å². The highest BCUT2D eigenvalue weighted by atomic mass is 14.2. The van der Waals surface area contributed by atoms with Crippen LogP contribution >= 0.6 is 0 Å². The lowest BCUT2D eigenvalue weighted by molar-refractivity contribution is 0.348. The van der Waals surface area contributed by atoms with Gasteiger partial charge in [0, 0.05) is 0 Å². The first-order valence-corrected chi connectivity index (χ1v) is 8.24. The Kier molecular flexibility index (Phi) is 6.04. The van der Waals surface area contributed by atoms with Crippen molar-refractivity contribution >= 4 is 0 Å². The largest absolute Gasteiger partial charge is 0.0991 e. The van der Waals surface area contributed by atoms with Crippen LogP contribution in [0.3, 0.4) is 0 Å². The van der Waals surface area contributed by atoms with Crippen molar-refractivity contribution in [2.75, 3.05) is 0 Å². The van der Waals surface area contributed by atoms with Gasteiger partial charge in [0.2, 0.25) is 0 Å². The third kappa shape index (κ3) is 5.04. The normalized spacial score (nSPS) is 22.3. The molecule has 1 fully saturated rings. The van der Waals surface area contributed by atoms with E-state index in [-0.39, 0.29) is 0 Å². The first-order valence-electron chi connectivity index (χ1n) is 8.24. The molecule has 1 aliphatic carbocycles. The van der Waals surface area contributed by atoms with Crippen molar-refractivity contribution in [1.29, 1.82) is 0 Å². The minimum absolute atomic E-state index is 0.792. The molecule has 1 saturated carbocycles. The number of hydrogen-bond donors (Lipinski definition) is 0. The summed E-state index contributed by atoms with van der Waals surface area (Å²) < 4.78 is 0. The van der Waals surface area contributed by atoms with Crippen LogP contribution in [0.4, 0.5) is 0 Å². The Morgan fingerprint density at radius 1 is 1.14 bits per heavy atom. The van der Waals surface area contributed by atoms with E-state index < -0.39 is 0 Å².